The molecule has 2 saturated heterocycles. The molecule has 2 fully saturated rings. The average Bonchev–Trinajstić information content (AvgIpc) is 2.83. The van der Waals surface area contributed by atoms with Crippen LogP contribution >= 0.6 is 11.6 Å². The maximum absolute atomic E-state index is 10.1. The molecule has 2 aliphatic heterocycles. The summed E-state index contributed by atoms with van der Waals surface area (Å²) in [5.41, 5.74) is 0.177. The van der Waals surface area contributed by atoms with Crippen molar-refractivity contribution in [3.05, 3.63) is 34.9 Å². The van der Waals surface area contributed by atoms with E-state index in [1.54, 1.807) is 12.1 Å². The molecule has 1 aromatic carbocycles. The number of rotatable bonds is 2. The lowest BCUT2D eigenvalue weighted by Crippen LogP contribution is -2.48. The van der Waals surface area contributed by atoms with Gasteiger partial charge in [0.2, 0.25) is 0 Å². The zero-order valence-corrected chi connectivity index (χ0v) is 10.5. The second kappa shape index (κ2) is 4.47. The van der Waals surface area contributed by atoms with E-state index in [2.05, 4.69) is 0 Å². The van der Waals surface area contributed by atoms with E-state index in [9.17, 15) is 10.2 Å². The Bertz CT molecular complexity index is 435. The summed E-state index contributed by atoms with van der Waals surface area (Å²) < 4.78 is 11.1. The Morgan fingerprint density at radius 3 is 2.67 bits per heavy atom. The molecular weight excluding hydrogens is 256 g/mol. The van der Waals surface area contributed by atoms with Crippen LogP contribution in [0.4, 0.5) is 0 Å². The molecular formula is C13H15ClO4. The van der Waals surface area contributed by atoms with E-state index in [0.29, 0.717) is 11.4 Å². The monoisotopic (exact) mass is 270 g/mol. The predicted octanol–water partition coefficient (Wildman–Crippen LogP) is 0.772. The van der Waals surface area contributed by atoms with Gasteiger partial charge in [0.25, 0.3) is 0 Å². The van der Waals surface area contributed by atoms with E-state index in [1.807, 2.05) is 12.1 Å². The fourth-order valence-electron chi connectivity index (χ4n) is 2.80. The highest BCUT2D eigenvalue weighted by atomic mass is 35.5. The van der Waals surface area contributed by atoms with Gasteiger partial charge in [0.1, 0.15) is 23.9 Å². The van der Waals surface area contributed by atoms with Crippen LogP contribution in [0.5, 0.6) is 0 Å². The summed E-state index contributed by atoms with van der Waals surface area (Å²) in [6.45, 7) is 0.407. The van der Waals surface area contributed by atoms with Crippen LogP contribution in [-0.4, -0.2) is 47.3 Å². The summed E-state index contributed by atoms with van der Waals surface area (Å²) in [6.07, 6.45) is -1.33. The van der Waals surface area contributed by atoms with Gasteiger partial charge in [0.05, 0.1) is 13.2 Å². The van der Waals surface area contributed by atoms with Crippen LogP contribution in [-0.2, 0) is 15.9 Å². The number of fused-ring (bicyclic) bond motifs is 1. The molecule has 3 rings (SSSR count). The van der Waals surface area contributed by atoms with E-state index in [-0.39, 0.29) is 13.2 Å². The molecule has 4 nitrogen and oxygen atoms in total. The van der Waals surface area contributed by atoms with E-state index >= 15 is 0 Å². The van der Waals surface area contributed by atoms with Crippen LogP contribution in [0.2, 0.25) is 5.02 Å². The summed E-state index contributed by atoms with van der Waals surface area (Å²) in [5.74, 6) is 0. The van der Waals surface area contributed by atoms with Crippen LogP contribution in [0.15, 0.2) is 24.3 Å². The Labute approximate surface area is 110 Å². The minimum Gasteiger partial charge on any atom is -0.388 e. The van der Waals surface area contributed by atoms with Gasteiger partial charge >= 0.3 is 0 Å². The standard InChI is InChI=1S/C13H15ClO4/c14-9-3-1-8(2-4-9)5-13-11(16)7-17-12(13)10(15)6-18-13/h1-4,10-12,15-16H,5-7H2/t10-,11+,12-,13-/m1/s1. The third-order valence-corrected chi connectivity index (χ3v) is 4.00. The van der Waals surface area contributed by atoms with Crippen molar-refractivity contribution >= 4 is 11.6 Å². The van der Waals surface area contributed by atoms with Gasteiger partial charge in [0, 0.05) is 11.4 Å². The first-order chi connectivity index (χ1) is 8.62. The van der Waals surface area contributed by atoms with E-state index in [0.717, 1.165) is 5.56 Å². The zero-order chi connectivity index (χ0) is 12.8. The topological polar surface area (TPSA) is 58.9 Å². The van der Waals surface area contributed by atoms with Crippen molar-refractivity contribution in [3.8, 4) is 0 Å². The molecule has 98 valence electrons. The van der Waals surface area contributed by atoms with Crippen molar-refractivity contribution in [1.29, 1.82) is 0 Å². The van der Waals surface area contributed by atoms with Crippen molar-refractivity contribution in [2.75, 3.05) is 13.2 Å². The molecule has 0 spiro atoms. The van der Waals surface area contributed by atoms with Crippen molar-refractivity contribution in [3.63, 3.8) is 0 Å². The molecule has 0 bridgehead atoms. The SMILES string of the molecule is O[C@@H]1CO[C@@]2(Cc3ccc(Cl)cc3)[C@@H]1OC[C@@H]2O. The third kappa shape index (κ3) is 1.85. The third-order valence-electron chi connectivity index (χ3n) is 3.75. The molecule has 0 amide bonds. The molecule has 2 N–H and O–H groups in total. The van der Waals surface area contributed by atoms with Crippen molar-refractivity contribution in [2.45, 2.75) is 30.3 Å². The normalized spacial score (nSPS) is 38.9. The van der Waals surface area contributed by atoms with Crippen LogP contribution in [0.25, 0.3) is 0 Å². The highest BCUT2D eigenvalue weighted by Crippen LogP contribution is 2.40. The van der Waals surface area contributed by atoms with Crippen molar-refractivity contribution < 1.29 is 19.7 Å². The predicted molar refractivity (Wildman–Crippen MR) is 65.6 cm³/mol. The number of aliphatic hydroxyl groups is 2. The second-order valence-corrected chi connectivity index (χ2v) is 5.34. The molecule has 18 heavy (non-hydrogen) atoms. The quantitative estimate of drug-likeness (QED) is 0.834. The molecule has 0 saturated carbocycles. The molecule has 0 radical (unpaired) electrons. The molecule has 2 heterocycles. The minimum atomic E-state index is -0.826. The van der Waals surface area contributed by atoms with Gasteiger partial charge < -0.3 is 19.7 Å². The van der Waals surface area contributed by atoms with Gasteiger partial charge in [-0.1, -0.05) is 23.7 Å². The zero-order valence-electron chi connectivity index (χ0n) is 9.75. The Kier molecular flexibility index (Phi) is 3.08. The van der Waals surface area contributed by atoms with Crippen LogP contribution < -0.4 is 0 Å². The molecule has 0 unspecified atom stereocenters. The first kappa shape index (κ1) is 12.4. The summed E-state index contributed by atoms with van der Waals surface area (Å²) in [4.78, 5) is 0. The maximum atomic E-state index is 10.1. The number of ether oxygens (including phenoxy) is 2. The summed E-state index contributed by atoms with van der Waals surface area (Å²) in [5, 5.41) is 20.6. The number of hydrogen-bond acceptors (Lipinski definition) is 4. The van der Waals surface area contributed by atoms with Gasteiger partial charge in [-0.2, -0.15) is 0 Å². The van der Waals surface area contributed by atoms with Crippen LogP contribution in [0.3, 0.4) is 0 Å². The van der Waals surface area contributed by atoms with E-state index in [1.165, 1.54) is 0 Å². The number of benzene rings is 1. The summed E-state index contributed by atoms with van der Waals surface area (Å²) in [7, 11) is 0. The molecule has 2 aliphatic rings. The smallest absolute Gasteiger partial charge is 0.129 e. The fraction of sp³-hybridized carbons (Fsp3) is 0.538. The molecule has 0 aromatic heterocycles. The lowest BCUT2D eigenvalue weighted by atomic mass is 9.86. The van der Waals surface area contributed by atoms with Crippen molar-refractivity contribution in [2.24, 2.45) is 0 Å². The first-order valence-electron chi connectivity index (χ1n) is 5.98. The molecule has 4 atom stereocenters. The van der Waals surface area contributed by atoms with E-state index in [4.69, 9.17) is 21.1 Å². The fourth-order valence-corrected chi connectivity index (χ4v) is 2.93. The molecule has 5 heteroatoms. The lowest BCUT2D eigenvalue weighted by Gasteiger charge is -2.30. The van der Waals surface area contributed by atoms with Gasteiger partial charge in [-0.05, 0) is 17.7 Å². The Morgan fingerprint density at radius 2 is 1.94 bits per heavy atom. The Balaban J connectivity index is 1.87. The summed E-state index contributed by atoms with van der Waals surface area (Å²) in [6, 6.07) is 7.40. The van der Waals surface area contributed by atoms with Gasteiger partial charge in [-0.25, -0.2) is 0 Å². The van der Waals surface area contributed by atoms with Crippen molar-refractivity contribution in [1.82, 2.24) is 0 Å². The highest BCUT2D eigenvalue weighted by molar-refractivity contribution is 6.30. The number of aliphatic hydroxyl groups excluding tert-OH is 2. The Hall–Kier alpha value is -0.650. The number of halogens is 1. The second-order valence-electron chi connectivity index (χ2n) is 4.91. The highest BCUT2D eigenvalue weighted by Gasteiger charge is 2.59. The first-order valence-corrected chi connectivity index (χ1v) is 6.36. The molecule has 1 aromatic rings. The van der Waals surface area contributed by atoms with Gasteiger partial charge in [-0.3, -0.25) is 0 Å². The van der Waals surface area contributed by atoms with Gasteiger partial charge in [0.15, 0.2) is 0 Å². The largest absolute Gasteiger partial charge is 0.388 e. The average molecular weight is 271 g/mol. The van der Waals surface area contributed by atoms with E-state index < -0.39 is 23.9 Å². The number of hydrogen-bond donors (Lipinski definition) is 2. The lowest BCUT2D eigenvalue weighted by molar-refractivity contribution is -0.0755. The summed E-state index contributed by atoms with van der Waals surface area (Å²) >= 11 is 5.84. The Morgan fingerprint density at radius 1 is 1.22 bits per heavy atom. The molecule has 0 aliphatic carbocycles. The van der Waals surface area contributed by atoms with Gasteiger partial charge in [-0.15, -0.1) is 0 Å². The maximum Gasteiger partial charge on any atom is 0.129 e. The van der Waals surface area contributed by atoms with Crippen LogP contribution in [0, 0.1) is 0 Å². The minimum absolute atomic E-state index is 0.204. The van der Waals surface area contributed by atoms with Crippen LogP contribution in [0.1, 0.15) is 5.56 Å².